The molecule has 1 aliphatic carbocycles. The Morgan fingerprint density at radius 3 is 2.29 bits per heavy atom. The van der Waals surface area contributed by atoms with Crippen molar-refractivity contribution in [3.8, 4) is 28.5 Å². The number of allylic oxidation sites excluding steroid dienone is 4. The van der Waals surface area contributed by atoms with Crippen LogP contribution in [0.2, 0.25) is 0 Å². The lowest BCUT2D eigenvalue weighted by molar-refractivity contribution is 1.01. The number of thiophene rings is 1. The summed E-state index contributed by atoms with van der Waals surface area (Å²) in [7, 11) is 0. The Morgan fingerprint density at radius 1 is 0.911 bits per heavy atom. The smallest absolute Gasteiger partial charge is 0.137 e. The van der Waals surface area contributed by atoms with Crippen LogP contribution < -0.4 is 4.90 Å². The molecule has 3 aromatic carbocycles. The van der Waals surface area contributed by atoms with Crippen LogP contribution in [0, 0.1) is 11.3 Å². The third-order valence-electron chi connectivity index (χ3n) is 7.95. The molecule has 7 rings (SSSR count). The molecule has 0 unspecified atom stereocenters. The maximum absolute atomic E-state index is 9.18. The Morgan fingerprint density at radius 2 is 1.62 bits per heavy atom. The Hall–Kier alpha value is -5.70. The molecule has 0 atom stereocenters. The number of nitrogens with zero attached hydrogens (tertiary/aromatic N) is 4. The minimum absolute atomic E-state index is 0.654. The van der Waals surface area contributed by atoms with E-state index in [4.69, 9.17) is 4.98 Å². The highest BCUT2D eigenvalue weighted by Gasteiger charge is 2.14. The standard InChI is InChI=1S/C40H30N4S/c1-2-34(9-7-10-37-26-33-8-3-4-11-39(33)45-37)44(35-21-17-31(18-22-35)30-15-13-29(27-41)14-16-30)36-23-19-32(20-24-36)38-28-43-25-6-5-12-40(43)42-38/h2-3,5-10,12-26,28H,1,4,11H2/b10-7+,34-9+. The summed E-state index contributed by atoms with van der Waals surface area (Å²) in [6.45, 7) is 4.19. The molecule has 1 aliphatic rings. The van der Waals surface area contributed by atoms with Gasteiger partial charge in [0.05, 0.1) is 17.3 Å². The third-order valence-corrected chi connectivity index (χ3v) is 9.13. The number of benzene rings is 3. The van der Waals surface area contributed by atoms with Gasteiger partial charge in [-0.3, -0.25) is 0 Å². The monoisotopic (exact) mass is 598 g/mol. The second kappa shape index (κ2) is 12.5. The fourth-order valence-electron chi connectivity index (χ4n) is 5.63. The largest absolute Gasteiger partial charge is 0.311 e. The van der Waals surface area contributed by atoms with Gasteiger partial charge in [-0.15, -0.1) is 11.3 Å². The van der Waals surface area contributed by atoms with Crippen molar-refractivity contribution in [1.82, 2.24) is 9.38 Å². The predicted molar refractivity (Wildman–Crippen MR) is 188 cm³/mol. The summed E-state index contributed by atoms with van der Waals surface area (Å²) < 4.78 is 2.04. The van der Waals surface area contributed by atoms with Gasteiger partial charge in [-0.25, -0.2) is 4.98 Å². The van der Waals surface area contributed by atoms with Gasteiger partial charge in [0, 0.05) is 44.8 Å². The molecule has 3 aromatic heterocycles. The van der Waals surface area contributed by atoms with Crippen molar-refractivity contribution >= 4 is 40.5 Å². The zero-order valence-electron chi connectivity index (χ0n) is 24.7. The highest BCUT2D eigenvalue weighted by atomic mass is 32.1. The number of aryl methyl sites for hydroxylation is 1. The van der Waals surface area contributed by atoms with Crippen LogP contribution in [-0.4, -0.2) is 9.38 Å². The molecule has 4 nitrogen and oxygen atoms in total. The minimum atomic E-state index is 0.654. The molecule has 216 valence electrons. The summed E-state index contributed by atoms with van der Waals surface area (Å²) in [5.41, 5.74) is 10.1. The highest BCUT2D eigenvalue weighted by molar-refractivity contribution is 7.13. The number of aromatic nitrogens is 2. The van der Waals surface area contributed by atoms with Gasteiger partial charge in [0.2, 0.25) is 0 Å². The van der Waals surface area contributed by atoms with Crippen LogP contribution in [-0.2, 0) is 6.42 Å². The highest BCUT2D eigenvalue weighted by Crippen LogP contribution is 2.34. The number of hydrogen-bond donors (Lipinski definition) is 0. The average Bonchev–Trinajstić information content (AvgIpc) is 3.73. The van der Waals surface area contributed by atoms with E-state index in [9.17, 15) is 5.26 Å². The van der Waals surface area contributed by atoms with Gasteiger partial charge in [0.15, 0.2) is 0 Å². The zero-order chi connectivity index (χ0) is 30.6. The number of hydrogen-bond acceptors (Lipinski definition) is 4. The van der Waals surface area contributed by atoms with Crippen LogP contribution in [0.15, 0.2) is 146 Å². The van der Waals surface area contributed by atoms with E-state index in [1.165, 1.54) is 15.3 Å². The summed E-state index contributed by atoms with van der Waals surface area (Å²) in [5.74, 6) is 0. The number of pyridine rings is 1. The summed E-state index contributed by atoms with van der Waals surface area (Å²) in [4.78, 5) is 9.73. The first kappa shape index (κ1) is 28.1. The van der Waals surface area contributed by atoms with Crippen molar-refractivity contribution in [2.24, 2.45) is 0 Å². The van der Waals surface area contributed by atoms with E-state index >= 15 is 0 Å². The second-order valence-corrected chi connectivity index (χ2v) is 12.0. The Balaban J connectivity index is 1.23. The average molecular weight is 599 g/mol. The molecule has 0 radical (unpaired) electrons. The van der Waals surface area contributed by atoms with Gasteiger partial charge in [0.1, 0.15) is 5.65 Å². The molecule has 6 aromatic rings. The quantitative estimate of drug-likeness (QED) is 0.164. The lowest BCUT2D eigenvalue weighted by Crippen LogP contribution is -2.14. The fraction of sp³-hybridized carbons (Fsp3) is 0.0500. The molecule has 45 heavy (non-hydrogen) atoms. The van der Waals surface area contributed by atoms with Crippen molar-refractivity contribution in [2.45, 2.75) is 12.8 Å². The lowest BCUT2D eigenvalue weighted by Gasteiger charge is -2.26. The van der Waals surface area contributed by atoms with Gasteiger partial charge in [-0.2, -0.15) is 5.26 Å². The molecule has 0 fully saturated rings. The van der Waals surface area contributed by atoms with Gasteiger partial charge in [0.25, 0.3) is 0 Å². The zero-order valence-corrected chi connectivity index (χ0v) is 25.5. The normalized spacial score (nSPS) is 12.7. The molecule has 0 amide bonds. The van der Waals surface area contributed by atoms with Crippen LogP contribution in [0.5, 0.6) is 0 Å². The van der Waals surface area contributed by atoms with Crippen LogP contribution in [0.25, 0.3) is 40.2 Å². The summed E-state index contributed by atoms with van der Waals surface area (Å²) in [6, 6.07) is 35.2. The molecule has 0 bridgehead atoms. The molecule has 3 heterocycles. The molecule has 0 saturated carbocycles. The fourth-order valence-corrected chi connectivity index (χ4v) is 6.71. The van der Waals surface area contributed by atoms with Crippen LogP contribution >= 0.6 is 11.3 Å². The molecule has 0 spiro atoms. The van der Waals surface area contributed by atoms with Crippen molar-refractivity contribution in [1.29, 1.82) is 5.26 Å². The van der Waals surface area contributed by atoms with E-state index in [-0.39, 0.29) is 0 Å². The molecule has 0 aliphatic heterocycles. The number of rotatable bonds is 8. The van der Waals surface area contributed by atoms with Crippen LogP contribution in [0.1, 0.15) is 27.3 Å². The molecule has 0 N–H and O–H groups in total. The van der Waals surface area contributed by atoms with Crippen molar-refractivity contribution < 1.29 is 0 Å². The van der Waals surface area contributed by atoms with Crippen molar-refractivity contribution in [3.05, 3.63) is 167 Å². The molecular formula is C40H30N4S. The van der Waals surface area contributed by atoms with Gasteiger partial charge < -0.3 is 9.30 Å². The van der Waals surface area contributed by atoms with Crippen LogP contribution in [0.3, 0.4) is 0 Å². The van der Waals surface area contributed by atoms with Gasteiger partial charge in [-0.05, 0) is 102 Å². The van der Waals surface area contributed by atoms with Crippen LogP contribution in [0.4, 0.5) is 11.4 Å². The van der Waals surface area contributed by atoms with Crippen molar-refractivity contribution in [3.63, 3.8) is 0 Å². The number of nitriles is 1. The number of anilines is 2. The second-order valence-electron chi connectivity index (χ2n) is 10.8. The van der Waals surface area contributed by atoms with E-state index in [1.54, 1.807) is 0 Å². The van der Waals surface area contributed by atoms with E-state index in [2.05, 4.69) is 109 Å². The Labute approximate surface area is 267 Å². The lowest BCUT2D eigenvalue weighted by atomic mass is 10.0. The Bertz CT molecular complexity index is 2080. The summed E-state index contributed by atoms with van der Waals surface area (Å²) in [6.07, 6.45) is 19.1. The molecule has 0 saturated heterocycles. The Kier molecular flexibility index (Phi) is 7.80. The molecular weight excluding hydrogens is 569 g/mol. The summed E-state index contributed by atoms with van der Waals surface area (Å²) >= 11 is 1.87. The van der Waals surface area contributed by atoms with Gasteiger partial charge in [-0.1, -0.05) is 67.3 Å². The van der Waals surface area contributed by atoms with E-state index in [1.807, 2.05) is 70.5 Å². The van der Waals surface area contributed by atoms with E-state index in [0.717, 1.165) is 57.9 Å². The van der Waals surface area contributed by atoms with E-state index < -0.39 is 0 Å². The third kappa shape index (κ3) is 5.92. The predicted octanol–water partition coefficient (Wildman–Crippen LogP) is 10.5. The maximum Gasteiger partial charge on any atom is 0.137 e. The number of fused-ring (bicyclic) bond motifs is 2. The SMILES string of the molecule is C=C/C(=C\C=C\c1cc2c(s1)CCC=C2)N(c1ccc(-c2ccc(C#N)cc2)cc1)c1ccc(-c2cn3ccccc3n2)cc1. The topological polar surface area (TPSA) is 44.3 Å². The first-order valence-electron chi connectivity index (χ1n) is 14.9. The van der Waals surface area contributed by atoms with Crippen molar-refractivity contribution in [2.75, 3.05) is 4.90 Å². The first-order valence-corrected chi connectivity index (χ1v) is 15.7. The van der Waals surface area contributed by atoms with E-state index in [0.29, 0.717) is 5.56 Å². The minimum Gasteiger partial charge on any atom is -0.311 e. The van der Waals surface area contributed by atoms with Gasteiger partial charge >= 0.3 is 0 Å². The number of imidazole rings is 1. The first-order chi connectivity index (χ1) is 22.2. The maximum atomic E-state index is 9.18. The summed E-state index contributed by atoms with van der Waals surface area (Å²) in [5, 5.41) is 9.18. The molecule has 5 heteroatoms.